The maximum Gasteiger partial charge on any atom is 0.358 e. The second-order valence-electron chi connectivity index (χ2n) is 4.31. The van der Waals surface area contributed by atoms with Gasteiger partial charge in [-0.05, 0) is 12.8 Å². The highest BCUT2D eigenvalue weighted by Crippen LogP contribution is 2.39. The number of carbonyl (C=O) groups excluding carboxylic acids is 1. The maximum atomic E-state index is 12.2. The van der Waals surface area contributed by atoms with Crippen LogP contribution in [0.1, 0.15) is 35.1 Å². The lowest BCUT2D eigenvalue weighted by Crippen LogP contribution is -2.16. The Hall–Kier alpha value is -2.01. The van der Waals surface area contributed by atoms with Crippen molar-refractivity contribution in [2.75, 3.05) is 11.8 Å². The molecule has 11 heteroatoms. The summed E-state index contributed by atoms with van der Waals surface area (Å²) in [6.07, 6.45) is 1.91. The fourth-order valence-corrected chi connectivity index (χ4v) is 3.65. The Morgan fingerprint density at radius 3 is 2.90 bits per heavy atom. The molecule has 0 saturated heterocycles. The van der Waals surface area contributed by atoms with Gasteiger partial charge in [-0.1, -0.05) is 5.10 Å². The molecule has 1 saturated carbocycles. The SMILES string of the molecule is COC(=O)c1ncsc1S(=O)(=O)Nc1nnc(C2CC2)o1. The number of sulfonamides is 1. The Morgan fingerprint density at radius 2 is 2.24 bits per heavy atom. The summed E-state index contributed by atoms with van der Waals surface area (Å²) in [5.41, 5.74) is 0.960. The highest BCUT2D eigenvalue weighted by atomic mass is 32.2. The van der Waals surface area contributed by atoms with Crippen LogP contribution in [-0.2, 0) is 14.8 Å². The molecule has 2 heterocycles. The van der Waals surface area contributed by atoms with Gasteiger partial charge >= 0.3 is 12.0 Å². The average Bonchev–Trinajstić information content (AvgIpc) is 3.00. The zero-order valence-electron chi connectivity index (χ0n) is 10.8. The molecule has 0 spiro atoms. The summed E-state index contributed by atoms with van der Waals surface area (Å²) in [6, 6.07) is -0.235. The third kappa shape index (κ3) is 2.74. The number of methoxy groups -OCH3 is 1. The lowest BCUT2D eigenvalue weighted by molar-refractivity contribution is 0.0590. The number of nitrogens with one attached hydrogen (secondary N) is 1. The van der Waals surface area contributed by atoms with Crippen molar-refractivity contribution in [3.63, 3.8) is 0 Å². The molecular weight excluding hydrogens is 320 g/mol. The van der Waals surface area contributed by atoms with Crippen LogP contribution in [0.5, 0.6) is 0 Å². The number of hydrogen-bond acceptors (Lipinski definition) is 9. The van der Waals surface area contributed by atoms with Crippen molar-refractivity contribution >= 4 is 33.3 Å². The highest BCUT2D eigenvalue weighted by Gasteiger charge is 2.31. The van der Waals surface area contributed by atoms with Crippen molar-refractivity contribution in [3.8, 4) is 0 Å². The smallest absolute Gasteiger partial charge is 0.358 e. The lowest BCUT2D eigenvalue weighted by atomic mass is 10.4. The van der Waals surface area contributed by atoms with Crippen molar-refractivity contribution in [2.24, 2.45) is 0 Å². The van der Waals surface area contributed by atoms with Crippen LogP contribution in [0.2, 0.25) is 0 Å². The van der Waals surface area contributed by atoms with Gasteiger partial charge in [-0.15, -0.1) is 16.4 Å². The van der Waals surface area contributed by atoms with Gasteiger partial charge in [0.25, 0.3) is 10.0 Å². The first kappa shape index (κ1) is 13.9. The normalized spacial score (nSPS) is 14.9. The van der Waals surface area contributed by atoms with E-state index in [1.807, 2.05) is 0 Å². The number of thiazole rings is 1. The molecule has 2 aromatic rings. The second kappa shape index (κ2) is 5.07. The number of rotatable bonds is 5. The maximum absolute atomic E-state index is 12.2. The van der Waals surface area contributed by atoms with Crippen LogP contribution in [0.25, 0.3) is 0 Å². The molecule has 0 aromatic carbocycles. The largest absolute Gasteiger partial charge is 0.464 e. The van der Waals surface area contributed by atoms with E-state index in [-0.39, 0.29) is 21.8 Å². The van der Waals surface area contributed by atoms with E-state index in [2.05, 4.69) is 24.6 Å². The second-order valence-corrected chi connectivity index (χ2v) is 7.04. The first-order chi connectivity index (χ1) is 10.0. The van der Waals surface area contributed by atoms with Crippen LogP contribution in [0.4, 0.5) is 6.01 Å². The number of aromatic nitrogens is 3. The number of anilines is 1. The van der Waals surface area contributed by atoms with Crippen LogP contribution < -0.4 is 4.72 Å². The molecular formula is C10H10N4O5S2. The van der Waals surface area contributed by atoms with Gasteiger partial charge in [0.1, 0.15) is 0 Å². The Kier molecular flexibility index (Phi) is 3.37. The van der Waals surface area contributed by atoms with E-state index in [0.717, 1.165) is 31.3 Å². The van der Waals surface area contributed by atoms with Crippen molar-refractivity contribution in [1.29, 1.82) is 0 Å². The van der Waals surface area contributed by atoms with Crippen molar-refractivity contribution in [2.45, 2.75) is 23.0 Å². The van der Waals surface area contributed by atoms with Crippen LogP contribution in [0.15, 0.2) is 14.1 Å². The number of carbonyl (C=O) groups is 1. The van der Waals surface area contributed by atoms with E-state index in [1.54, 1.807) is 0 Å². The summed E-state index contributed by atoms with van der Waals surface area (Å²) < 4.78 is 36.0. The van der Waals surface area contributed by atoms with Crippen LogP contribution in [0, 0.1) is 0 Å². The quantitative estimate of drug-likeness (QED) is 0.805. The van der Waals surface area contributed by atoms with Crippen LogP contribution in [0.3, 0.4) is 0 Å². The predicted octanol–water partition coefficient (Wildman–Crippen LogP) is 0.991. The number of nitrogens with zero attached hydrogens (tertiary/aromatic N) is 3. The molecule has 0 amide bonds. The van der Waals surface area contributed by atoms with E-state index >= 15 is 0 Å². The molecule has 3 rings (SSSR count). The number of hydrogen-bond donors (Lipinski definition) is 1. The number of esters is 1. The molecule has 0 aliphatic heterocycles. The third-order valence-electron chi connectivity index (χ3n) is 2.75. The van der Waals surface area contributed by atoms with E-state index in [1.165, 1.54) is 5.51 Å². The van der Waals surface area contributed by atoms with Crippen molar-refractivity contribution < 1.29 is 22.4 Å². The molecule has 9 nitrogen and oxygen atoms in total. The molecule has 2 aromatic heterocycles. The third-order valence-corrected chi connectivity index (χ3v) is 5.44. The average molecular weight is 330 g/mol. The van der Waals surface area contributed by atoms with Gasteiger partial charge < -0.3 is 9.15 Å². The van der Waals surface area contributed by atoms with Gasteiger partial charge in [0.05, 0.1) is 12.6 Å². The summed E-state index contributed by atoms with van der Waals surface area (Å²) in [4.78, 5) is 15.2. The standard InChI is InChI=1S/C10H10N4O5S2/c1-18-8(15)6-9(20-4-11-6)21(16,17)14-10-13-12-7(19-10)5-2-3-5/h4-5H,2-3H2,1H3,(H,13,14). The van der Waals surface area contributed by atoms with E-state index in [0.29, 0.717) is 5.89 Å². The molecule has 1 aliphatic rings. The predicted molar refractivity (Wildman–Crippen MR) is 70.5 cm³/mol. The molecule has 0 atom stereocenters. The van der Waals surface area contributed by atoms with Gasteiger partial charge in [0, 0.05) is 5.92 Å². The molecule has 21 heavy (non-hydrogen) atoms. The minimum atomic E-state index is -4.04. The van der Waals surface area contributed by atoms with Gasteiger partial charge in [-0.2, -0.15) is 0 Å². The summed E-state index contributed by atoms with van der Waals surface area (Å²) >= 11 is 0.793. The zero-order chi connectivity index (χ0) is 15.0. The number of ether oxygens (including phenoxy) is 1. The first-order valence-electron chi connectivity index (χ1n) is 5.89. The van der Waals surface area contributed by atoms with Gasteiger partial charge in [-0.3, -0.25) is 0 Å². The van der Waals surface area contributed by atoms with E-state index in [9.17, 15) is 13.2 Å². The summed E-state index contributed by atoms with van der Waals surface area (Å²) in [5.74, 6) is -0.212. The van der Waals surface area contributed by atoms with E-state index in [4.69, 9.17) is 4.42 Å². The van der Waals surface area contributed by atoms with Crippen molar-refractivity contribution in [1.82, 2.24) is 15.2 Å². The Bertz CT molecular complexity index is 777. The van der Waals surface area contributed by atoms with Gasteiger partial charge in [0.15, 0.2) is 9.90 Å². The lowest BCUT2D eigenvalue weighted by Gasteiger charge is -2.02. The summed E-state index contributed by atoms with van der Waals surface area (Å²) in [7, 11) is -2.89. The molecule has 1 N–H and O–H groups in total. The first-order valence-corrected chi connectivity index (χ1v) is 8.25. The molecule has 0 radical (unpaired) electrons. The molecule has 1 aliphatic carbocycles. The van der Waals surface area contributed by atoms with Gasteiger partial charge in [-0.25, -0.2) is 22.9 Å². The summed E-state index contributed by atoms with van der Waals surface area (Å²) in [5, 5.41) is 7.40. The molecule has 0 bridgehead atoms. The summed E-state index contributed by atoms with van der Waals surface area (Å²) in [6.45, 7) is 0. The van der Waals surface area contributed by atoms with Gasteiger partial charge in [0.2, 0.25) is 5.89 Å². The fraction of sp³-hybridized carbons (Fsp3) is 0.400. The molecule has 112 valence electrons. The van der Waals surface area contributed by atoms with Crippen molar-refractivity contribution in [3.05, 3.63) is 17.1 Å². The van der Waals surface area contributed by atoms with Crippen LogP contribution in [-0.4, -0.2) is 36.7 Å². The highest BCUT2D eigenvalue weighted by molar-refractivity contribution is 7.94. The molecule has 0 unspecified atom stereocenters. The minimum Gasteiger partial charge on any atom is -0.464 e. The Morgan fingerprint density at radius 1 is 1.48 bits per heavy atom. The fourth-order valence-electron chi connectivity index (χ4n) is 1.59. The zero-order valence-corrected chi connectivity index (χ0v) is 12.4. The minimum absolute atomic E-state index is 0.213. The molecule has 1 fully saturated rings. The Balaban J connectivity index is 1.86. The van der Waals surface area contributed by atoms with E-state index < -0.39 is 16.0 Å². The Labute approximate surface area is 123 Å². The van der Waals surface area contributed by atoms with Crippen LogP contribution >= 0.6 is 11.3 Å². The monoisotopic (exact) mass is 330 g/mol. The topological polar surface area (TPSA) is 124 Å².